The van der Waals surface area contributed by atoms with E-state index in [4.69, 9.17) is 16.4 Å². The van der Waals surface area contributed by atoms with Crippen LogP contribution in [0.4, 0.5) is 5.69 Å². The smallest absolute Gasteiger partial charge is 0.276 e. The van der Waals surface area contributed by atoms with Gasteiger partial charge in [0.1, 0.15) is 6.79 Å². The van der Waals surface area contributed by atoms with Crippen LogP contribution in [0.5, 0.6) is 0 Å². The molecule has 2 heterocycles. The van der Waals surface area contributed by atoms with Gasteiger partial charge >= 0.3 is 0 Å². The Hall–Kier alpha value is -3.19. The van der Waals surface area contributed by atoms with Gasteiger partial charge in [-0.25, -0.2) is 4.68 Å². The van der Waals surface area contributed by atoms with Crippen molar-refractivity contribution in [2.24, 2.45) is 0 Å². The lowest BCUT2D eigenvalue weighted by Gasteiger charge is -2.29. The average Bonchev–Trinajstić information content (AvgIpc) is 3.24. The van der Waals surface area contributed by atoms with Crippen LogP contribution < -0.4 is 5.32 Å². The van der Waals surface area contributed by atoms with E-state index in [-0.39, 0.29) is 11.3 Å². The average molecular weight is 470 g/mol. The van der Waals surface area contributed by atoms with Crippen molar-refractivity contribution in [3.63, 3.8) is 0 Å². The molecule has 33 heavy (non-hydrogen) atoms. The molecule has 4 rings (SSSR count). The minimum Gasteiger partial charge on any atom is -0.386 e. The maximum atomic E-state index is 12.1. The van der Waals surface area contributed by atoms with Crippen molar-refractivity contribution in [3.8, 4) is 5.69 Å². The molecule has 7 nitrogen and oxygen atoms in total. The minimum absolute atomic E-state index is 0.0736. The number of benzene rings is 2. The second kappa shape index (κ2) is 11.6. The summed E-state index contributed by atoms with van der Waals surface area (Å²) in [6.07, 6.45) is 2.69. The number of hydrogen-bond donors (Lipinski definition) is 1. The highest BCUT2D eigenvalue weighted by Crippen LogP contribution is 2.24. The lowest BCUT2D eigenvalue weighted by molar-refractivity contribution is -0.0980. The molecule has 1 aliphatic heterocycles. The van der Waals surface area contributed by atoms with Crippen LogP contribution in [0.2, 0.25) is 5.02 Å². The van der Waals surface area contributed by atoms with Gasteiger partial charge in [0.2, 0.25) is 0 Å². The van der Waals surface area contributed by atoms with Gasteiger partial charge < -0.3 is 15.0 Å². The third kappa shape index (κ3) is 6.89. The summed E-state index contributed by atoms with van der Waals surface area (Å²) < 4.78 is 1.56. The van der Waals surface area contributed by atoms with E-state index in [2.05, 4.69) is 67.6 Å². The molecule has 3 aromatic rings. The number of hydrogen-bond acceptors (Lipinski definition) is 5. The molecule has 0 radical (unpaired) electrons. The molecule has 0 saturated carbocycles. The van der Waals surface area contributed by atoms with E-state index in [9.17, 15) is 4.79 Å². The van der Waals surface area contributed by atoms with E-state index in [1.807, 2.05) is 19.9 Å². The van der Waals surface area contributed by atoms with Gasteiger partial charge in [-0.05, 0) is 42.5 Å². The lowest BCUT2D eigenvalue weighted by atomic mass is 9.87. The highest BCUT2D eigenvalue weighted by Gasteiger charge is 2.24. The Morgan fingerprint density at radius 2 is 1.73 bits per heavy atom. The summed E-state index contributed by atoms with van der Waals surface area (Å²) in [7, 11) is 1.82. The van der Waals surface area contributed by atoms with Crippen LogP contribution in [0.1, 0.15) is 48.8 Å². The Bertz CT molecular complexity index is 1050. The molecular weight excluding hydrogens is 438 g/mol. The van der Waals surface area contributed by atoms with E-state index >= 15 is 0 Å². The Morgan fingerprint density at radius 1 is 1.09 bits per heavy atom. The molecule has 1 fully saturated rings. The third-order valence-corrected chi connectivity index (χ3v) is 5.48. The summed E-state index contributed by atoms with van der Waals surface area (Å²) in [4.78, 5) is 21.8. The summed E-state index contributed by atoms with van der Waals surface area (Å²) in [6.45, 7) is 12.4. The van der Waals surface area contributed by atoms with E-state index in [0.717, 1.165) is 30.9 Å². The Balaban J connectivity index is 0.000000252. The zero-order chi connectivity index (χ0) is 24.6. The summed E-state index contributed by atoms with van der Waals surface area (Å²) in [5.74, 6) is -0.0736. The first-order valence-electron chi connectivity index (χ1n) is 10.7. The second-order valence-electron chi connectivity index (χ2n) is 8.72. The quantitative estimate of drug-likeness (QED) is 0.589. The van der Waals surface area contributed by atoms with E-state index in [1.165, 1.54) is 11.1 Å². The molecule has 0 atom stereocenters. The van der Waals surface area contributed by atoms with Crippen LogP contribution in [0, 0.1) is 6.92 Å². The first-order valence-corrected chi connectivity index (χ1v) is 11.1. The van der Waals surface area contributed by atoms with E-state index < -0.39 is 0 Å². The second-order valence-corrected chi connectivity index (χ2v) is 9.16. The van der Waals surface area contributed by atoms with Crippen LogP contribution in [0.25, 0.3) is 5.69 Å². The standard InChI is InChI=1S/C13H14ClN5O.C11H16.CH2O/c1-15-10-4-3-9(14)7-12(10)19-8-11(16-17-19)13(20)18-5-2-6-18;1-9-5-7-10(8-6-9)11(2,3)4;1-2/h3-4,7-8,15H,2,5-6H2,1H3;5-8H,1-4H3;1H2. The molecule has 1 aromatic heterocycles. The molecule has 1 saturated heterocycles. The molecular formula is C25H32ClN5O2. The van der Waals surface area contributed by atoms with Crippen LogP contribution in [-0.4, -0.2) is 52.7 Å². The van der Waals surface area contributed by atoms with Crippen LogP contribution >= 0.6 is 11.6 Å². The number of aromatic nitrogens is 3. The fourth-order valence-electron chi connectivity index (χ4n) is 3.12. The molecule has 1 amide bonds. The van der Waals surface area contributed by atoms with Gasteiger partial charge in [-0.2, -0.15) is 0 Å². The zero-order valence-corrected chi connectivity index (χ0v) is 20.7. The maximum absolute atomic E-state index is 12.1. The molecule has 176 valence electrons. The fourth-order valence-corrected chi connectivity index (χ4v) is 3.29. The predicted molar refractivity (Wildman–Crippen MR) is 133 cm³/mol. The first kappa shape index (κ1) is 26.1. The first-order chi connectivity index (χ1) is 15.7. The van der Waals surface area contributed by atoms with Gasteiger partial charge in [0.05, 0.1) is 17.6 Å². The number of nitrogens with one attached hydrogen (secondary N) is 1. The molecule has 0 aliphatic carbocycles. The topological polar surface area (TPSA) is 80.1 Å². The van der Waals surface area contributed by atoms with Crippen LogP contribution in [0.3, 0.4) is 0 Å². The summed E-state index contributed by atoms with van der Waals surface area (Å²) in [5.41, 5.74) is 5.00. The molecule has 1 aliphatic rings. The van der Waals surface area contributed by atoms with Crippen molar-refractivity contribution in [2.75, 3.05) is 25.5 Å². The molecule has 0 spiro atoms. The number of nitrogens with zero attached hydrogens (tertiary/aromatic N) is 4. The Kier molecular flexibility index (Phi) is 9.17. The van der Waals surface area contributed by atoms with Gasteiger partial charge in [-0.15, -0.1) is 5.10 Å². The lowest BCUT2D eigenvalue weighted by Crippen LogP contribution is -2.42. The van der Waals surface area contributed by atoms with Gasteiger partial charge in [-0.1, -0.05) is 67.4 Å². The van der Waals surface area contributed by atoms with Crippen LogP contribution in [-0.2, 0) is 10.2 Å². The maximum Gasteiger partial charge on any atom is 0.276 e. The van der Waals surface area contributed by atoms with Crippen molar-refractivity contribution >= 4 is 30.0 Å². The zero-order valence-electron chi connectivity index (χ0n) is 19.9. The van der Waals surface area contributed by atoms with E-state index in [0.29, 0.717) is 10.7 Å². The number of aryl methyl sites for hydroxylation is 1. The monoisotopic (exact) mass is 469 g/mol. The number of likely N-dealkylation sites (tertiary alicyclic amines) is 1. The number of amides is 1. The Morgan fingerprint density at radius 3 is 2.24 bits per heavy atom. The molecule has 1 N–H and O–H groups in total. The van der Waals surface area contributed by atoms with Crippen molar-refractivity contribution in [1.82, 2.24) is 19.9 Å². The van der Waals surface area contributed by atoms with Gasteiger partial charge in [0.25, 0.3) is 5.91 Å². The third-order valence-electron chi connectivity index (χ3n) is 5.25. The number of halogens is 1. The fraction of sp³-hybridized carbons (Fsp3) is 0.360. The summed E-state index contributed by atoms with van der Waals surface area (Å²) in [5, 5.41) is 11.6. The number of carbonyl (C=O) groups is 2. The highest BCUT2D eigenvalue weighted by atomic mass is 35.5. The van der Waals surface area contributed by atoms with Crippen molar-refractivity contribution in [1.29, 1.82) is 0 Å². The SMILES string of the molecule is C=O.CNc1ccc(Cl)cc1-n1cc(C(=O)N2CCC2)nn1.Cc1ccc(C(C)(C)C)cc1. The molecule has 8 heteroatoms. The number of anilines is 1. The predicted octanol–water partition coefficient (Wildman–Crippen LogP) is 4.92. The van der Waals surface area contributed by atoms with Gasteiger partial charge in [0.15, 0.2) is 5.69 Å². The van der Waals surface area contributed by atoms with Crippen molar-refractivity contribution < 1.29 is 9.59 Å². The largest absolute Gasteiger partial charge is 0.386 e. The highest BCUT2D eigenvalue weighted by molar-refractivity contribution is 6.30. The van der Waals surface area contributed by atoms with Gasteiger partial charge in [0, 0.05) is 25.2 Å². The van der Waals surface area contributed by atoms with Gasteiger partial charge in [-0.3, -0.25) is 4.79 Å². The van der Waals surface area contributed by atoms with E-state index in [1.54, 1.807) is 27.9 Å². The van der Waals surface area contributed by atoms with Crippen LogP contribution in [0.15, 0.2) is 48.7 Å². The Labute approximate surface area is 200 Å². The molecule has 2 aromatic carbocycles. The minimum atomic E-state index is -0.0736. The van der Waals surface area contributed by atoms with Crippen molar-refractivity contribution in [3.05, 3.63) is 70.5 Å². The normalized spacial score (nSPS) is 12.5. The number of rotatable bonds is 3. The number of carbonyl (C=O) groups excluding carboxylic acids is 2. The summed E-state index contributed by atoms with van der Waals surface area (Å²) >= 11 is 6.01. The molecule has 0 bridgehead atoms. The summed E-state index contributed by atoms with van der Waals surface area (Å²) in [6, 6.07) is 14.2. The van der Waals surface area contributed by atoms with Crippen molar-refractivity contribution in [2.45, 2.75) is 39.5 Å². The molecule has 0 unspecified atom stereocenters.